The molecule has 1 aliphatic heterocycles. The Bertz CT molecular complexity index is 676. The van der Waals surface area contributed by atoms with Crippen molar-refractivity contribution in [2.45, 2.75) is 12.8 Å². The number of carbonyl (C=O) groups excluding carboxylic acids is 1. The van der Waals surface area contributed by atoms with Crippen LogP contribution in [-0.4, -0.2) is 12.5 Å². The van der Waals surface area contributed by atoms with Crippen molar-refractivity contribution in [1.82, 2.24) is 0 Å². The number of para-hydroxylation sites is 1. The average molecular weight is 342 g/mol. The van der Waals surface area contributed by atoms with Gasteiger partial charge in [-0.15, -0.1) is 0 Å². The molecule has 0 saturated heterocycles. The minimum absolute atomic E-state index is 0.0464. The van der Waals surface area contributed by atoms with Crippen molar-refractivity contribution in [2.24, 2.45) is 0 Å². The van der Waals surface area contributed by atoms with Crippen molar-refractivity contribution in [3.63, 3.8) is 0 Å². The van der Waals surface area contributed by atoms with Gasteiger partial charge >= 0.3 is 0 Å². The Balaban J connectivity index is 1.79. The van der Waals surface area contributed by atoms with E-state index in [2.05, 4.69) is 22.0 Å². The molecule has 0 aliphatic carbocycles. The maximum absolute atomic E-state index is 12.4. The van der Waals surface area contributed by atoms with E-state index in [9.17, 15) is 4.79 Å². The SMILES string of the molecule is O=C(C=Cc1ccc(Br)cc1)N1CCCc2ccccc21. The van der Waals surface area contributed by atoms with E-state index < -0.39 is 0 Å². The summed E-state index contributed by atoms with van der Waals surface area (Å²) in [6.07, 6.45) is 5.60. The second-order valence-corrected chi connectivity index (χ2v) is 6.02. The van der Waals surface area contributed by atoms with E-state index >= 15 is 0 Å². The molecule has 1 heterocycles. The van der Waals surface area contributed by atoms with Crippen molar-refractivity contribution in [3.05, 3.63) is 70.2 Å². The van der Waals surface area contributed by atoms with Gasteiger partial charge < -0.3 is 4.90 Å². The molecule has 0 spiro atoms. The molecule has 3 rings (SSSR count). The Morgan fingerprint density at radius 1 is 1.10 bits per heavy atom. The third kappa shape index (κ3) is 3.24. The van der Waals surface area contributed by atoms with Crippen LogP contribution < -0.4 is 4.90 Å². The fourth-order valence-electron chi connectivity index (χ4n) is 2.59. The molecule has 1 aliphatic rings. The van der Waals surface area contributed by atoms with E-state index in [-0.39, 0.29) is 5.91 Å². The third-order valence-corrected chi connectivity index (χ3v) is 4.19. The van der Waals surface area contributed by atoms with Gasteiger partial charge in [-0.05, 0) is 48.2 Å². The summed E-state index contributed by atoms with van der Waals surface area (Å²) in [6, 6.07) is 16.1. The molecule has 2 nitrogen and oxygen atoms in total. The monoisotopic (exact) mass is 341 g/mol. The van der Waals surface area contributed by atoms with Crippen LogP contribution >= 0.6 is 15.9 Å². The summed E-state index contributed by atoms with van der Waals surface area (Å²) in [4.78, 5) is 14.3. The Labute approximate surface area is 133 Å². The zero-order chi connectivity index (χ0) is 14.7. The Hall–Kier alpha value is -1.87. The van der Waals surface area contributed by atoms with Crippen LogP contribution in [0, 0.1) is 0 Å². The van der Waals surface area contributed by atoms with E-state index in [1.165, 1.54) is 5.56 Å². The van der Waals surface area contributed by atoms with Gasteiger partial charge in [0.05, 0.1) is 0 Å². The van der Waals surface area contributed by atoms with E-state index in [0.717, 1.165) is 35.1 Å². The van der Waals surface area contributed by atoms with Gasteiger partial charge in [0.25, 0.3) is 5.91 Å². The summed E-state index contributed by atoms with van der Waals surface area (Å²) in [5.74, 6) is 0.0464. The van der Waals surface area contributed by atoms with Crippen LogP contribution in [0.1, 0.15) is 17.5 Å². The average Bonchev–Trinajstić information content (AvgIpc) is 2.53. The van der Waals surface area contributed by atoms with Gasteiger partial charge in [0.1, 0.15) is 0 Å². The number of aryl methyl sites for hydroxylation is 1. The third-order valence-electron chi connectivity index (χ3n) is 3.66. The summed E-state index contributed by atoms with van der Waals surface area (Å²) < 4.78 is 1.04. The zero-order valence-corrected chi connectivity index (χ0v) is 13.2. The van der Waals surface area contributed by atoms with Crippen LogP contribution in [0.5, 0.6) is 0 Å². The van der Waals surface area contributed by atoms with Crippen molar-refractivity contribution >= 4 is 33.6 Å². The highest BCUT2D eigenvalue weighted by atomic mass is 79.9. The number of rotatable bonds is 2. The molecule has 0 aromatic heterocycles. The number of hydrogen-bond donors (Lipinski definition) is 0. The fourth-order valence-corrected chi connectivity index (χ4v) is 2.86. The molecule has 0 unspecified atom stereocenters. The molecule has 0 fully saturated rings. The molecule has 0 atom stereocenters. The van der Waals surface area contributed by atoms with Gasteiger partial charge in [-0.25, -0.2) is 0 Å². The van der Waals surface area contributed by atoms with Crippen LogP contribution in [0.4, 0.5) is 5.69 Å². The zero-order valence-electron chi connectivity index (χ0n) is 11.6. The second-order valence-electron chi connectivity index (χ2n) is 5.11. The molecule has 2 aromatic carbocycles. The van der Waals surface area contributed by atoms with Crippen molar-refractivity contribution < 1.29 is 4.79 Å². The van der Waals surface area contributed by atoms with E-state index in [1.807, 2.05) is 53.4 Å². The van der Waals surface area contributed by atoms with Gasteiger partial charge in [-0.1, -0.05) is 46.3 Å². The van der Waals surface area contributed by atoms with Gasteiger partial charge in [-0.3, -0.25) is 4.79 Å². The highest BCUT2D eigenvalue weighted by molar-refractivity contribution is 9.10. The highest BCUT2D eigenvalue weighted by Gasteiger charge is 2.20. The first kappa shape index (κ1) is 14.1. The lowest BCUT2D eigenvalue weighted by molar-refractivity contribution is -0.114. The van der Waals surface area contributed by atoms with E-state index in [4.69, 9.17) is 0 Å². The molecular weight excluding hydrogens is 326 g/mol. The summed E-state index contributed by atoms with van der Waals surface area (Å²) in [6.45, 7) is 0.792. The minimum Gasteiger partial charge on any atom is -0.309 e. The van der Waals surface area contributed by atoms with Gasteiger partial charge in [0.2, 0.25) is 0 Å². The number of amides is 1. The van der Waals surface area contributed by atoms with E-state index in [0.29, 0.717) is 0 Å². The summed E-state index contributed by atoms with van der Waals surface area (Å²) in [7, 11) is 0. The summed E-state index contributed by atoms with van der Waals surface area (Å²) in [5.41, 5.74) is 3.33. The minimum atomic E-state index is 0.0464. The lowest BCUT2D eigenvalue weighted by atomic mass is 10.0. The molecule has 0 N–H and O–H groups in total. The standard InChI is InChI=1S/C18H16BrNO/c19-16-10-7-14(8-11-16)9-12-18(21)20-13-3-5-15-4-1-2-6-17(15)20/h1-2,4,6-12H,3,5,13H2. The maximum atomic E-state index is 12.4. The first-order valence-corrected chi connectivity index (χ1v) is 7.86. The summed E-state index contributed by atoms with van der Waals surface area (Å²) in [5, 5.41) is 0. The molecule has 0 radical (unpaired) electrons. The second kappa shape index (κ2) is 6.27. The topological polar surface area (TPSA) is 20.3 Å². The largest absolute Gasteiger partial charge is 0.309 e. The number of hydrogen-bond acceptors (Lipinski definition) is 1. The fraction of sp³-hybridized carbons (Fsp3) is 0.167. The highest BCUT2D eigenvalue weighted by Crippen LogP contribution is 2.26. The number of carbonyl (C=O) groups is 1. The van der Waals surface area contributed by atoms with Gasteiger partial charge in [-0.2, -0.15) is 0 Å². The molecular formula is C18H16BrNO. The van der Waals surface area contributed by atoms with Crippen LogP contribution in [0.3, 0.4) is 0 Å². The van der Waals surface area contributed by atoms with Gasteiger partial charge in [0.15, 0.2) is 0 Å². The summed E-state index contributed by atoms with van der Waals surface area (Å²) >= 11 is 3.41. The number of nitrogens with zero attached hydrogens (tertiary/aromatic N) is 1. The number of halogens is 1. The first-order valence-electron chi connectivity index (χ1n) is 7.07. The normalized spacial score (nSPS) is 14.2. The van der Waals surface area contributed by atoms with Gasteiger partial charge in [0, 0.05) is 22.8 Å². The maximum Gasteiger partial charge on any atom is 0.250 e. The number of fused-ring (bicyclic) bond motifs is 1. The van der Waals surface area contributed by atoms with Crippen LogP contribution in [-0.2, 0) is 11.2 Å². The van der Waals surface area contributed by atoms with Crippen LogP contribution in [0.2, 0.25) is 0 Å². The molecule has 0 saturated carbocycles. The molecule has 3 heteroatoms. The molecule has 0 bridgehead atoms. The molecule has 106 valence electrons. The smallest absolute Gasteiger partial charge is 0.250 e. The van der Waals surface area contributed by atoms with Crippen LogP contribution in [0.25, 0.3) is 6.08 Å². The Kier molecular flexibility index (Phi) is 4.20. The van der Waals surface area contributed by atoms with E-state index in [1.54, 1.807) is 6.08 Å². The predicted octanol–water partition coefficient (Wildman–Crippen LogP) is 4.44. The number of benzene rings is 2. The molecule has 2 aromatic rings. The molecule has 1 amide bonds. The lowest BCUT2D eigenvalue weighted by Crippen LogP contribution is -2.34. The predicted molar refractivity (Wildman–Crippen MR) is 90.3 cm³/mol. The van der Waals surface area contributed by atoms with Crippen molar-refractivity contribution in [2.75, 3.05) is 11.4 Å². The van der Waals surface area contributed by atoms with Crippen LogP contribution in [0.15, 0.2) is 59.1 Å². The Morgan fingerprint density at radius 3 is 2.67 bits per heavy atom. The van der Waals surface area contributed by atoms with Crippen molar-refractivity contribution in [1.29, 1.82) is 0 Å². The molecule has 21 heavy (non-hydrogen) atoms. The Morgan fingerprint density at radius 2 is 1.86 bits per heavy atom. The quantitative estimate of drug-likeness (QED) is 0.739. The number of anilines is 1. The van der Waals surface area contributed by atoms with Crippen molar-refractivity contribution in [3.8, 4) is 0 Å². The lowest BCUT2D eigenvalue weighted by Gasteiger charge is -2.28. The first-order chi connectivity index (χ1) is 10.2.